The number of benzene rings is 1. The van der Waals surface area contributed by atoms with Gasteiger partial charge in [-0.05, 0) is 38.0 Å². The molecule has 112 valence electrons. The van der Waals surface area contributed by atoms with Crippen molar-refractivity contribution in [2.24, 2.45) is 0 Å². The van der Waals surface area contributed by atoms with Gasteiger partial charge in [0.15, 0.2) is 0 Å². The van der Waals surface area contributed by atoms with Gasteiger partial charge in [-0.15, -0.1) is 0 Å². The van der Waals surface area contributed by atoms with Crippen molar-refractivity contribution in [1.29, 1.82) is 0 Å². The van der Waals surface area contributed by atoms with Gasteiger partial charge in [0.05, 0.1) is 12.6 Å². The van der Waals surface area contributed by atoms with Gasteiger partial charge >= 0.3 is 0 Å². The number of aromatic nitrogens is 2. The molecule has 21 heavy (non-hydrogen) atoms. The number of aryl methyl sites for hydroxylation is 1. The summed E-state index contributed by atoms with van der Waals surface area (Å²) in [5.74, 6) is 0.787. The van der Waals surface area contributed by atoms with E-state index in [2.05, 4.69) is 15.3 Å². The van der Waals surface area contributed by atoms with Crippen LogP contribution >= 0.6 is 0 Å². The molecule has 0 aliphatic heterocycles. The summed E-state index contributed by atoms with van der Waals surface area (Å²) < 4.78 is 18.8. The Labute approximate surface area is 124 Å². The lowest BCUT2D eigenvalue weighted by Crippen LogP contribution is -2.11. The number of ether oxygens (including phenoxy) is 1. The van der Waals surface area contributed by atoms with Crippen LogP contribution in [0.4, 0.5) is 10.3 Å². The molecule has 4 nitrogen and oxygen atoms in total. The maximum atomic E-state index is 13.3. The van der Waals surface area contributed by atoms with Crippen LogP contribution in [0, 0.1) is 12.7 Å². The summed E-state index contributed by atoms with van der Waals surface area (Å²) in [5.41, 5.74) is 1.67. The molecule has 1 aromatic carbocycles. The summed E-state index contributed by atoms with van der Waals surface area (Å²) in [4.78, 5) is 8.65. The van der Waals surface area contributed by atoms with Crippen molar-refractivity contribution < 1.29 is 9.13 Å². The largest absolute Gasteiger partial charge is 0.478 e. The lowest BCUT2D eigenvalue weighted by Gasteiger charge is -2.15. The second kappa shape index (κ2) is 7.02. The van der Waals surface area contributed by atoms with Crippen LogP contribution in [0.3, 0.4) is 0 Å². The SMILES string of the molecule is CCCOc1cc(C)nc(NC(C)c2cccc(F)c2)n1. The lowest BCUT2D eigenvalue weighted by molar-refractivity contribution is 0.305. The highest BCUT2D eigenvalue weighted by atomic mass is 19.1. The van der Waals surface area contributed by atoms with Crippen LogP contribution in [-0.2, 0) is 0 Å². The number of hydrogen-bond acceptors (Lipinski definition) is 4. The van der Waals surface area contributed by atoms with E-state index in [1.807, 2.05) is 26.8 Å². The average Bonchev–Trinajstić information content (AvgIpc) is 2.44. The molecule has 1 aromatic heterocycles. The van der Waals surface area contributed by atoms with Gasteiger partial charge in [0.2, 0.25) is 11.8 Å². The van der Waals surface area contributed by atoms with Crippen molar-refractivity contribution in [3.63, 3.8) is 0 Å². The first kappa shape index (κ1) is 15.2. The molecular formula is C16H20FN3O. The summed E-state index contributed by atoms with van der Waals surface area (Å²) >= 11 is 0. The average molecular weight is 289 g/mol. The van der Waals surface area contributed by atoms with E-state index in [1.165, 1.54) is 12.1 Å². The Balaban J connectivity index is 2.13. The third-order valence-corrected chi connectivity index (χ3v) is 2.98. The Bertz CT molecular complexity index is 604. The Hall–Kier alpha value is -2.17. The molecule has 0 saturated heterocycles. The number of hydrogen-bond donors (Lipinski definition) is 1. The highest BCUT2D eigenvalue weighted by molar-refractivity contribution is 5.35. The molecule has 0 aliphatic carbocycles. The summed E-state index contributed by atoms with van der Waals surface area (Å²) in [6.45, 7) is 6.49. The van der Waals surface area contributed by atoms with Crippen molar-refractivity contribution in [2.45, 2.75) is 33.2 Å². The summed E-state index contributed by atoms with van der Waals surface area (Å²) in [6, 6.07) is 8.19. The Morgan fingerprint density at radius 2 is 2.10 bits per heavy atom. The second-order valence-corrected chi connectivity index (χ2v) is 4.94. The third kappa shape index (κ3) is 4.41. The molecule has 2 aromatic rings. The molecule has 5 heteroatoms. The van der Waals surface area contributed by atoms with Crippen LogP contribution in [-0.4, -0.2) is 16.6 Å². The standard InChI is InChI=1S/C16H20FN3O/c1-4-8-21-15-9-11(2)18-16(20-15)19-12(3)13-6-5-7-14(17)10-13/h5-7,9-10,12H,4,8H2,1-3H3,(H,18,19,20). The number of anilines is 1. The fourth-order valence-corrected chi connectivity index (χ4v) is 1.94. The van der Waals surface area contributed by atoms with E-state index >= 15 is 0 Å². The van der Waals surface area contributed by atoms with Gasteiger partial charge in [0.1, 0.15) is 5.82 Å². The Morgan fingerprint density at radius 3 is 2.81 bits per heavy atom. The van der Waals surface area contributed by atoms with Crippen LogP contribution in [0.2, 0.25) is 0 Å². The molecule has 0 fully saturated rings. The lowest BCUT2D eigenvalue weighted by atomic mass is 10.1. The summed E-state index contributed by atoms with van der Waals surface area (Å²) in [6.07, 6.45) is 0.922. The van der Waals surface area contributed by atoms with E-state index in [1.54, 1.807) is 12.1 Å². The molecule has 0 aliphatic rings. The molecule has 2 rings (SSSR count). The van der Waals surface area contributed by atoms with E-state index in [-0.39, 0.29) is 11.9 Å². The second-order valence-electron chi connectivity index (χ2n) is 4.94. The Morgan fingerprint density at radius 1 is 1.29 bits per heavy atom. The molecule has 1 heterocycles. The zero-order valence-corrected chi connectivity index (χ0v) is 12.6. The zero-order chi connectivity index (χ0) is 15.2. The summed E-state index contributed by atoms with van der Waals surface area (Å²) in [5, 5.41) is 3.17. The predicted molar refractivity (Wildman–Crippen MR) is 81.0 cm³/mol. The van der Waals surface area contributed by atoms with Crippen LogP contribution in [0.1, 0.15) is 37.6 Å². The molecule has 0 radical (unpaired) electrons. The van der Waals surface area contributed by atoms with Crippen LogP contribution < -0.4 is 10.1 Å². The van der Waals surface area contributed by atoms with Crippen LogP contribution in [0.25, 0.3) is 0 Å². The van der Waals surface area contributed by atoms with Crippen molar-refractivity contribution in [3.05, 3.63) is 47.4 Å². The smallest absolute Gasteiger partial charge is 0.226 e. The van der Waals surface area contributed by atoms with Crippen molar-refractivity contribution in [2.75, 3.05) is 11.9 Å². The quantitative estimate of drug-likeness (QED) is 0.876. The van der Waals surface area contributed by atoms with Crippen molar-refractivity contribution >= 4 is 5.95 Å². The molecule has 0 saturated carbocycles. The van der Waals surface area contributed by atoms with Crippen LogP contribution in [0.15, 0.2) is 30.3 Å². The van der Waals surface area contributed by atoms with Gasteiger partial charge in [-0.3, -0.25) is 0 Å². The first-order valence-corrected chi connectivity index (χ1v) is 7.09. The van der Waals surface area contributed by atoms with Gasteiger partial charge in [-0.1, -0.05) is 19.1 Å². The third-order valence-electron chi connectivity index (χ3n) is 2.98. The number of rotatable bonds is 6. The molecule has 1 atom stereocenters. The van der Waals surface area contributed by atoms with Gasteiger partial charge in [-0.25, -0.2) is 9.37 Å². The van der Waals surface area contributed by atoms with E-state index in [0.29, 0.717) is 18.4 Å². The highest BCUT2D eigenvalue weighted by Crippen LogP contribution is 2.19. The van der Waals surface area contributed by atoms with Crippen molar-refractivity contribution in [3.8, 4) is 5.88 Å². The molecule has 0 amide bonds. The zero-order valence-electron chi connectivity index (χ0n) is 12.6. The van der Waals surface area contributed by atoms with Gasteiger partial charge in [0, 0.05) is 11.8 Å². The van der Waals surface area contributed by atoms with E-state index in [9.17, 15) is 4.39 Å². The first-order valence-electron chi connectivity index (χ1n) is 7.09. The molecule has 1 unspecified atom stereocenters. The van der Waals surface area contributed by atoms with Crippen molar-refractivity contribution in [1.82, 2.24) is 9.97 Å². The number of halogens is 1. The molecule has 1 N–H and O–H groups in total. The van der Waals surface area contributed by atoms with Crippen LogP contribution in [0.5, 0.6) is 5.88 Å². The topological polar surface area (TPSA) is 47.0 Å². The molecule has 0 spiro atoms. The maximum absolute atomic E-state index is 13.3. The molecular weight excluding hydrogens is 269 g/mol. The van der Waals surface area contributed by atoms with E-state index in [0.717, 1.165) is 17.7 Å². The van der Waals surface area contributed by atoms with Gasteiger partial charge in [0.25, 0.3) is 0 Å². The molecule has 0 bridgehead atoms. The minimum atomic E-state index is -0.252. The van der Waals surface area contributed by atoms with E-state index < -0.39 is 0 Å². The number of nitrogens with one attached hydrogen (secondary N) is 1. The number of nitrogens with zero attached hydrogens (tertiary/aromatic N) is 2. The normalized spacial score (nSPS) is 12.0. The Kier molecular flexibility index (Phi) is 5.09. The minimum Gasteiger partial charge on any atom is -0.478 e. The highest BCUT2D eigenvalue weighted by Gasteiger charge is 2.09. The predicted octanol–water partition coefficient (Wildman–Crippen LogP) is 3.89. The van der Waals surface area contributed by atoms with Gasteiger partial charge < -0.3 is 10.1 Å². The monoisotopic (exact) mass is 289 g/mol. The van der Waals surface area contributed by atoms with E-state index in [4.69, 9.17) is 4.74 Å². The summed E-state index contributed by atoms with van der Waals surface area (Å²) in [7, 11) is 0. The minimum absolute atomic E-state index is 0.0958. The fourth-order valence-electron chi connectivity index (χ4n) is 1.94. The van der Waals surface area contributed by atoms with Gasteiger partial charge in [-0.2, -0.15) is 4.98 Å². The first-order chi connectivity index (χ1) is 10.1. The fraction of sp³-hybridized carbons (Fsp3) is 0.375. The maximum Gasteiger partial charge on any atom is 0.226 e.